The van der Waals surface area contributed by atoms with Crippen LogP contribution in [-0.2, 0) is 0 Å². The number of hydrazone groups is 1. The average molecular weight is 406 g/mol. The van der Waals surface area contributed by atoms with Crippen LogP contribution < -0.4 is 16.1 Å². The van der Waals surface area contributed by atoms with Gasteiger partial charge in [-0.25, -0.2) is 9.97 Å². The second kappa shape index (κ2) is 8.52. The van der Waals surface area contributed by atoms with E-state index in [-0.39, 0.29) is 17.8 Å². The number of hydrogen-bond acceptors (Lipinski definition) is 7. The molecule has 1 aliphatic rings. The summed E-state index contributed by atoms with van der Waals surface area (Å²) in [4.78, 5) is 21.7. The third-order valence-electron chi connectivity index (χ3n) is 5.35. The molecule has 0 saturated heterocycles. The number of carbonyl (C=O) groups excluding carboxylic acids is 1. The first-order valence-electron chi connectivity index (χ1n) is 10.2. The Morgan fingerprint density at radius 2 is 2.13 bits per heavy atom. The van der Waals surface area contributed by atoms with Gasteiger partial charge in [-0.2, -0.15) is 5.10 Å². The van der Waals surface area contributed by atoms with Crippen molar-refractivity contribution in [3.63, 3.8) is 0 Å². The molecule has 1 aromatic carbocycles. The number of para-hydroxylation sites is 1. The van der Waals surface area contributed by atoms with Crippen LogP contribution in [0.5, 0.6) is 0 Å². The predicted molar refractivity (Wildman–Crippen MR) is 117 cm³/mol. The quantitative estimate of drug-likeness (QED) is 0.556. The van der Waals surface area contributed by atoms with E-state index in [0.717, 1.165) is 41.7 Å². The van der Waals surface area contributed by atoms with Crippen LogP contribution in [0.25, 0.3) is 11.0 Å². The summed E-state index contributed by atoms with van der Waals surface area (Å²) in [5.41, 5.74) is 5.47. The Morgan fingerprint density at radius 3 is 2.90 bits per heavy atom. The molecule has 3 heterocycles. The van der Waals surface area contributed by atoms with Crippen LogP contribution >= 0.6 is 0 Å². The molecule has 0 aliphatic carbocycles. The minimum Gasteiger partial charge on any atom is -0.459 e. The maximum Gasteiger partial charge on any atom is 0.289 e. The highest BCUT2D eigenvalue weighted by Gasteiger charge is 2.19. The van der Waals surface area contributed by atoms with Crippen molar-refractivity contribution in [3.8, 4) is 0 Å². The molecule has 156 valence electrons. The van der Waals surface area contributed by atoms with E-state index in [2.05, 4.69) is 31.1 Å². The van der Waals surface area contributed by atoms with Gasteiger partial charge in [0, 0.05) is 41.9 Å². The highest BCUT2D eigenvalue weighted by molar-refractivity contribution is 5.91. The Kier molecular flexibility index (Phi) is 5.65. The summed E-state index contributed by atoms with van der Waals surface area (Å²) in [6, 6.07) is 9.40. The minimum absolute atomic E-state index is 0.146. The van der Waals surface area contributed by atoms with Gasteiger partial charge in [-0.15, -0.1) is 0 Å². The first-order chi connectivity index (χ1) is 14.5. The molecule has 0 bridgehead atoms. The van der Waals surface area contributed by atoms with Crippen molar-refractivity contribution in [2.75, 3.05) is 18.4 Å². The zero-order valence-corrected chi connectivity index (χ0v) is 17.4. The molecule has 8 nitrogen and oxygen atoms in total. The number of nitrogens with zero attached hydrogens (tertiary/aromatic N) is 3. The Balaban J connectivity index is 1.44. The van der Waals surface area contributed by atoms with Gasteiger partial charge in [0.15, 0.2) is 0 Å². The predicted octanol–water partition coefficient (Wildman–Crippen LogP) is 3.34. The normalized spacial score (nSPS) is 16.4. The molecule has 4 rings (SSSR count). The summed E-state index contributed by atoms with van der Waals surface area (Å²) in [5, 5.41) is 11.3. The number of aryl methyl sites for hydroxylation is 1. The van der Waals surface area contributed by atoms with Gasteiger partial charge in [-0.3, -0.25) is 4.79 Å². The number of furan rings is 1. The van der Waals surface area contributed by atoms with E-state index in [1.54, 1.807) is 0 Å². The van der Waals surface area contributed by atoms with Gasteiger partial charge in [-0.1, -0.05) is 18.2 Å². The molecule has 30 heavy (non-hydrogen) atoms. The van der Waals surface area contributed by atoms with Gasteiger partial charge in [0.1, 0.15) is 17.2 Å². The summed E-state index contributed by atoms with van der Waals surface area (Å²) < 4.78 is 5.85. The molecule has 8 heteroatoms. The second-order valence-electron chi connectivity index (χ2n) is 7.60. The largest absolute Gasteiger partial charge is 0.459 e. The number of rotatable bonds is 7. The number of hydrogen-bond donors (Lipinski definition) is 3. The average Bonchev–Trinajstić information content (AvgIpc) is 3.40. The maximum atomic E-state index is 12.8. The summed E-state index contributed by atoms with van der Waals surface area (Å²) >= 11 is 0. The van der Waals surface area contributed by atoms with Crippen LogP contribution in [0.15, 0.2) is 39.9 Å². The van der Waals surface area contributed by atoms with Crippen LogP contribution in [0, 0.1) is 19.8 Å². The SMILES string of the molecule is Cc1nc(C(=O)N[C@H](C)c2cc3ccccc3o2)nc(NCCC2C=NNC2)c1C. The van der Waals surface area contributed by atoms with Gasteiger partial charge < -0.3 is 20.5 Å². The Morgan fingerprint density at radius 1 is 1.30 bits per heavy atom. The number of fused-ring (bicyclic) bond motifs is 1. The summed E-state index contributed by atoms with van der Waals surface area (Å²) in [5.74, 6) is 1.60. The lowest BCUT2D eigenvalue weighted by Crippen LogP contribution is -2.29. The number of carbonyl (C=O) groups is 1. The van der Waals surface area contributed by atoms with E-state index in [1.807, 2.05) is 57.3 Å². The number of amides is 1. The van der Waals surface area contributed by atoms with Crippen LogP contribution in [-0.4, -0.2) is 35.2 Å². The van der Waals surface area contributed by atoms with E-state index in [4.69, 9.17) is 4.42 Å². The molecular formula is C22H26N6O2. The molecule has 2 atom stereocenters. The molecule has 1 amide bonds. The van der Waals surface area contributed by atoms with Crippen LogP contribution in [0.1, 0.15) is 47.0 Å². The number of aromatic nitrogens is 2. The van der Waals surface area contributed by atoms with Crippen LogP contribution in [0.3, 0.4) is 0 Å². The molecule has 1 aliphatic heterocycles. The van der Waals surface area contributed by atoms with Crippen molar-refractivity contribution in [2.24, 2.45) is 11.0 Å². The smallest absolute Gasteiger partial charge is 0.289 e. The standard InChI is InChI=1S/C22H26N6O2/c1-13-14(2)26-21(28-20(13)23-9-8-16-11-24-25-12-16)22(29)27-15(3)19-10-17-6-4-5-7-18(17)30-19/h4-7,10-11,15-16,25H,8-9,12H2,1-3H3,(H,27,29)(H,23,26,28)/t15-,16?/m1/s1. The molecular weight excluding hydrogens is 380 g/mol. The van der Waals surface area contributed by atoms with Crippen LogP contribution in [0.2, 0.25) is 0 Å². The van der Waals surface area contributed by atoms with Crippen molar-refractivity contribution in [3.05, 3.63) is 53.2 Å². The lowest BCUT2D eigenvalue weighted by molar-refractivity contribution is 0.0925. The lowest BCUT2D eigenvalue weighted by atomic mass is 10.1. The minimum atomic E-state index is -0.332. The first kappa shape index (κ1) is 19.9. The molecule has 0 saturated carbocycles. The topological polar surface area (TPSA) is 104 Å². The van der Waals surface area contributed by atoms with Gasteiger partial charge in [0.2, 0.25) is 5.82 Å². The fourth-order valence-corrected chi connectivity index (χ4v) is 3.38. The third kappa shape index (κ3) is 4.27. The third-order valence-corrected chi connectivity index (χ3v) is 5.35. The summed E-state index contributed by atoms with van der Waals surface area (Å²) in [7, 11) is 0. The fourth-order valence-electron chi connectivity index (χ4n) is 3.38. The monoisotopic (exact) mass is 406 g/mol. The zero-order chi connectivity index (χ0) is 21.1. The van der Waals surface area contributed by atoms with Gasteiger partial charge in [0.25, 0.3) is 5.91 Å². The molecule has 0 fully saturated rings. The summed E-state index contributed by atoms with van der Waals surface area (Å²) in [6.45, 7) is 7.32. The molecule has 3 aromatic rings. The molecule has 0 spiro atoms. The number of benzene rings is 1. The van der Waals surface area contributed by atoms with Gasteiger partial charge >= 0.3 is 0 Å². The van der Waals surface area contributed by atoms with Crippen molar-refractivity contribution >= 4 is 28.9 Å². The first-order valence-corrected chi connectivity index (χ1v) is 10.2. The van der Waals surface area contributed by atoms with E-state index in [1.165, 1.54) is 0 Å². The number of anilines is 1. The van der Waals surface area contributed by atoms with Gasteiger partial charge in [0.05, 0.1) is 6.04 Å². The highest BCUT2D eigenvalue weighted by atomic mass is 16.3. The van der Waals surface area contributed by atoms with Crippen molar-refractivity contribution < 1.29 is 9.21 Å². The molecule has 1 unspecified atom stereocenters. The molecule has 2 aromatic heterocycles. The fraction of sp³-hybridized carbons (Fsp3) is 0.364. The van der Waals surface area contributed by atoms with Crippen LogP contribution in [0.4, 0.5) is 5.82 Å². The Bertz CT molecular complexity index is 1060. The zero-order valence-electron chi connectivity index (χ0n) is 17.4. The molecule has 3 N–H and O–H groups in total. The number of nitrogens with one attached hydrogen (secondary N) is 3. The van der Waals surface area contributed by atoms with Crippen molar-refractivity contribution in [2.45, 2.75) is 33.2 Å². The Labute approximate surface area is 175 Å². The summed E-state index contributed by atoms with van der Waals surface area (Å²) in [6.07, 6.45) is 2.86. The van der Waals surface area contributed by atoms with E-state index < -0.39 is 0 Å². The van der Waals surface area contributed by atoms with E-state index in [9.17, 15) is 4.79 Å². The lowest BCUT2D eigenvalue weighted by Gasteiger charge is -2.15. The van der Waals surface area contributed by atoms with Crippen molar-refractivity contribution in [1.82, 2.24) is 20.7 Å². The van der Waals surface area contributed by atoms with E-state index >= 15 is 0 Å². The highest BCUT2D eigenvalue weighted by Crippen LogP contribution is 2.24. The second-order valence-corrected chi connectivity index (χ2v) is 7.60. The van der Waals surface area contributed by atoms with Gasteiger partial charge in [-0.05, 0) is 39.3 Å². The Hall–Kier alpha value is -3.42. The van der Waals surface area contributed by atoms with Crippen molar-refractivity contribution in [1.29, 1.82) is 0 Å². The van der Waals surface area contributed by atoms with E-state index in [0.29, 0.717) is 17.5 Å². The maximum absolute atomic E-state index is 12.8. The molecule has 0 radical (unpaired) electrons.